The minimum Gasteiger partial charge on any atom is -0.263 e. The molecule has 2 bridgehead atoms. The number of nitrogens with one attached hydrogen (secondary N) is 1. The largest absolute Gasteiger partial charge is 0.263 e. The van der Waals surface area contributed by atoms with Gasteiger partial charge in [0.2, 0.25) is 0 Å². The maximum absolute atomic E-state index is 4.56. The van der Waals surface area contributed by atoms with Crippen molar-refractivity contribution in [3.8, 4) is 0 Å². The number of nitrogens with zero attached hydrogens (tertiary/aromatic N) is 2. The van der Waals surface area contributed by atoms with Crippen molar-refractivity contribution >= 4 is 0 Å². The van der Waals surface area contributed by atoms with Crippen molar-refractivity contribution < 1.29 is 0 Å². The van der Waals surface area contributed by atoms with Gasteiger partial charge in [0.25, 0.3) is 0 Å². The molecule has 0 spiro atoms. The van der Waals surface area contributed by atoms with Gasteiger partial charge in [-0.3, -0.25) is 5.10 Å². The molecule has 2 aliphatic rings. The van der Waals surface area contributed by atoms with Crippen LogP contribution in [0.4, 0.5) is 0 Å². The van der Waals surface area contributed by atoms with Crippen molar-refractivity contribution in [2.75, 3.05) is 0 Å². The van der Waals surface area contributed by atoms with Gasteiger partial charge in [0.05, 0.1) is 0 Å². The second-order valence-electron chi connectivity index (χ2n) is 4.78. The van der Waals surface area contributed by atoms with Crippen LogP contribution in [0.1, 0.15) is 50.2 Å². The topological polar surface area (TPSA) is 41.6 Å². The molecule has 3 nitrogen and oxygen atoms in total. The number of aromatic amines is 1. The first-order valence-electron chi connectivity index (χ1n) is 5.78. The Labute approximate surface area is 84.3 Å². The third-order valence-corrected chi connectivity index (χ3v) is 3.95. The Morgan fingerprint density at radius 2 is 2.29 bits per heavy atom. The van der Waals surface area contributed by atoms with Crippen molar-refractivity contribution in [1.29, 1.82) is 0 Å². The number of aromatic nitrogens is 3. The number of hydrogen-bond donors (Lipinski definition) is 1. The van der Waals surface area contributed by atoms with Gasteiger partial charge in [0.1, 0.15) is 5.82 Å². The molecule has 76 valence electrons. The molecule has 0 saturated heterocycles. The lowest BCUT2D eigenvalue weighted by Crippen LogP contribution is -2.10. The van der Waals surface area contributed by atoms with Crippen LogP contribution in [0.2, 0.25) is 0 Å². The Morgan fingerprint density at radius 3 is 2.86 bits per heavy atom. The summed E-state index contributed by atoms with van der Waals surface area (Å²) in [4.78, 5) is 4.56. The van der Waals surface area contributed by atoms with Gasteiger partial charge in [-0.1, -0.05) is 13.3 Å². The molecule has 2 fully saturated rings. The minimum atomic E-state index is 0.672. The van der Waals surface area contributed by atoms with Gasteiger partial charge in [-0.25, -0.2) is 4.98 Å². The highest BCUT2D eigenvalue weighted by Gasteiger charge is 2.41. The number of hydrogen-bond acceptors (Lipinski definition) is 2. The summed E-state index contributed by atoms with van der Waals surface area (Å²) in [5.74, 6) is 4.68. The zero-order valence-corrected chi connectivity index (χ0v) is 8.66. The third kappa shape index (κ3) is 1.18. The Balaban J connectivity index is 1.82. The average molecular weight is 191 g/mol. The Kier molecular flexibility index (Phi) is 1.85. The molecule has 1 N–H and O–H groups in total. The molecule has 3 unspecified atom stereocenters. The van der Waals surface area contributed by atoms with Crippen LogP contribution in [0.3, 0.4) is 0 Å². The zero-order valence-electron chi connectivity index (χ0n) is 8.66. The van der Waals surface area contributed by atoms with Crippen LogP contribution in [0.25, 0.3) is 0 Å². The number of fused-ring (bicyclic) bond motifs is 2. The monoisotopic (exact) mass is 191 g/mol. The van der Waals surface area contributed by atoms with Gasteiger partial charge in [0.15, 0.2) is 5.82 Å². The minimum absolute atomic E-state index is 0.672. The molecule has 0 amide bonds. The van der Waals surface area contributed by atoms with Crippen LogP contribution >= 0.6 is 0 Å². The first-order chi connectivity index (χ1) is 6.86. The highest BCUT2D eigenvalue weighted by molar-refractivity contribution is 5.07. The van der Waals surface area contributed by atoms with Gasteiger partial charge >= 0.3 is 0 Å². The molecule has 1 heterocycles. The lowest BCUT2D eigenvalue weighted by molar-refractivity contribution is 0.406. The van der Waals surface area contributed by atoms with Crippen LogP contribution in [-0.2, 0) is 6.42 Å². The van der Waals surface area contributed by atoms with E-state index in [1.807, 2.05) is 0 Å². The Morgan fingerprint density at radius 1 is 1.36 bits per heavy atom. The number of rotatable bonds is 2. The van der Waals surface area contributed by atoms with E-state index in [2.05, 4.69) is 22.1 Å². The summed E-state index contributed by atoms with van der Waals surface area (Å²) in [6, 6.07) is 0. The van der Waals surface area contributed by atoms with Gasteiger partial charge in [-0.15, -0.1) is 0 Å². The van der Waals surface area contributed by atoms with E-state index in [-0.39, 0.29) is 0 Å². The lowest BCUT2D eigenvalue weighted by atomic mass is 9.88. The Hall–Kier alpha value is -0.860. The average Bonchev–Trinajstić information content (AvgIpc) is 2.93. The fourth-order valence-electron chi connectivity index (χ4n) is 3.19. The second kappa shape index (κ2) is 3.07. The quantitative estimate of drug-likeness (QED) is 0.779. The van der Waals surface area contributed by atoms with Gasteiger partial charge in [0, 0.05) is 12.3 Å². The summed E-state index contributed by atoms with van der Waals surface area (Å²) in [7, 11) is 0. The summed E-state index contributed by atoms with van der Waals surface area (Å²) in [6.07, 6.45) is 6.59. The summed E-state index contributed by atoms with van der Waals surface area (Å²) < 4.78 is 0. The number of aryl methyl sites for hydroxylation is 1. The van der Waals surface area contributed by atoms with Crippen molar-refractivity contribution in [1.82, 2.24) is 15.2 Å². The van der Waals surface area contributed by atoms with E-state index < -0.39 is 0 Å². The summed E-state index contributed by atoms with van der Waals surface area (Å²) in [6.45, 7) is 2.12. The standard InChI is InChI=1S/C11H17N3/c1-2-10-12-11(14-13-10)9-6-7-3-4-8(9)5-7/h7-9H,2-6H2,1H3,(H,12,13,14). The van der Waals surface area contributed by atoms with E-state index in [4.69, 9.17) is 0 Å². The molecule has 0 radical (unpaired) electrons. The molecule has 3 heteroatoms. The summed E-state index contributed by atoms with van der Waals surface area (Å²) in [5.41, 5.74) is 0. The molecule has 0 aliphatic heterocycles. The smallest absolute Gasteiger partial charge is 0.154 e. The molecule has 2 aliphatic carbocycles. The van der Waals surface area contributed by atoms with Crippen LogP contribution < -0.4 is 0 Å². The van der Waals surface area contributed by atoms with Crippen LogP contribution in [0, 0.1) is 11.8 Å². The van der Waals surface area contributed by atoms with Gasteiger partial charge in [-0.2, -0.15) is 5.10 Å². The van der Waals surface area contributed by atoms with Crippen LogP contribution in [-0.4, -0.2) is 15.2 Å². The molecule has 3 rings (SSSR count). The van der Waals surface area contributed by atoms with Crippen LogP contribution in [0.5, 0.6) is 0 Å². The maximum atomic E-state index is 4.56. The highest BCUT2D eigenvalue weighted by Crippen LogP contribution is 2.51. The van der Waals surface area contributed by atoms with E-state index >= 15 is 0 Å². The van der Waals surface area contributed by atoms with Crippen molar-refractivity contribution in [3.63, 3.8) is 0 Å². The van der Waals surface area contributed by atoms with Gasteiger partial charge < -0.3 is 0 Å². The highest BCUT2D eigenvalue weighted by atomic mass is 15.2. The molecule has 2 saturated carbocycles. The molecule has 1 aromatic rings. The summed E-state index contributed by atoms with van der Waals surface area (Å²) >= 11 is 0. The van der Waals surface area contributed by atoms with E-state index in [9.17, 15) is 0 Å². The first-order valence-corrected chi connectivity index (χ1v) is 5.78. The van der Waals surface area contributed by atoms with Crippen molar-refractivity contribution in [3.05, 3.63) is 11.6 Å². The molecule has 0 aromatic carbocycles. The lowest BCUT2D eigenvalue weighted by Gasteiger charge is -2.17. The second-order valence-corrected chi connectivity index (χ2v) is 4.78. The van der Waals surface area contributed by atoms with E-state index in [0.29, 0.717) is 5.92 Å². The normalized spacial score (nSPS) is 35.4. The van der Waals surface area contributed by atoms with Crippen molar-refractivity contribution in [2.24, 2.45) is 11.8 Å². The van der Waals surface area contributed by atoms with Crippen molar-refractivity contribution in [2.45, 2.75) is 44.9 Å². The predicted octanol–water partition coefficient (Wildman–Crippen LogP) is 2.27. The Bertz CT molecular complexity index is 331. The molecule has 1 aromatic heterocycles. The van der Waals surface area contributed by atoms with E-state index in [0.717, 1.165) is 29.9 Å². The first kappa shape index (κ1) is 8.45. The fraction of sp³-hybridized carbons (Fsp3) is 0.818. The van der Waals surface area contributed by atoms with Gasteiger partial charge in [-0.05, 0) is 31.1 Å². The third-order valence-electron chi connectivity index (χ3n) is 3.95. The zero-order chi connectivity index (χ0) is 9.54. The molecular formula is C11H17N3. The summed E-state index contributed by atoms with van der Waals surface area (Å²) in [5, 5.41) is 7.38. The molecule has 14 heavy (non-hydrogen) atoms. The fourth-order valence-corrected chi connectivity index (χ4v) is 3.19. The van der Waals surface area contributed by atoms with E-state index in [1.54, 1.807) is 0 Å². The maximum Gasteiger partial charge on any atom is 0.154 e. The number of H-pyrrole nitrogens is 1. The van der Waals surface area contributed by atoms with Crippen LogP contribution in [0.15, 0.2) is 0 Å². The molecular weight excluding hydrogens is 174 g/mol. The SMILES string of the molecule is CCc1nc(C2CC3CCC2C3)n[nH]1. The van der Waals surface area contributed by atoms with E-state index in [1.165, 1.54) is 25.7 Å². The molecule has 3 atom stereocenters. The predicted molar refractivity (Wildman–Crippen MR) is 53.9 cm³/mol.